The van der Waals surface area contributed by atoms with Crippen LogP contribution >= 0.6 is 0 Å². The van der Waals surface area contributed by atoms with Gasteiger partial charge in [0.05, 0.1) is 18.3 Å². The highest BCUT2D eigenvalue weighted by atomic mass is 19.1. The summed E-state index contributed by atoms with van der Waals surface area (Å²) in [6.07, 6.45) is 1.31. The summed E-state index contributed by atoms with van der Waals surface area (Å²) < 4.78 is 29.7. The van der Waals surface area contributed by atoms with Gasteiger partial charge in [0.25, 0.3) is 0 Å². The monoisotopic (exact) mass is 340 g/mol. The lowest BCUT2D eigenvalue weighted by Gasteiger charge is -2.03. The zero-order valence-electron chi connectivity index (χ0n) is 12.7. The van der Waals surface area contributed by atoms with E-state index in [-0.39, 0.29) is 17.8 Å². The molecule has 0 amide bonds. The summed E-state index contributed by atoms with van der Waals surface area (Å²) in [7, 11) is 0. The molecule has 0 saturated carbocycles. The Hall–Kier alpha value is -3.49. The van der Waals surface area contributed by atoms with Gasteiger partial charge in [-0.2, -0.15) is 4.68 Å². The van der Waals surface area contributed by atoms with Gasteiger partial charge in [0, 0.05) is 5.56 Å². The van der Waals surface area contributed by atoms with Crippen LogP contribution in [0.4, 0.5) is 8.78 Å². The number of aromatic nitrogens is 6. The molecule has 0 aliphatic carbocycles. The standard InChI is InChI=1S/C16H10F2N6O/c17-11-4-3-5-12(18)10(11)8-23-9-14(20-21-23)16(25)24-15-7-2-1-6-13(15)19-22-24/h1-7,9H,8H2. The number of carbonyl (C=O) groups excluding carboxylic acids is 1. The Morgan fingerprint density at radius 3 is 2.52 bits per heavy atom. The molecule has 0 unspecified atom stereocenters. The van der Waals surface area contributed by atoms with Crippen LogP contribution in [-0.2, 0) is 6.54 Å². The molecule has 0 bridgehead atoms. The normalized spacial score (nSPS) is 11.1. The predicted molar refractivity (Wildman–Crippen MR) is 82.7 cm³/mol. The van der Waals surface area contributed by atoms with Crippen LogP contribution in [0.2, 0.25) is 0 Å². The number of fused-ring (bicyclic) bond motifs is 1. The van der Waals surface area contributed by atoms with Crippen molar-refractivity contribution in [2.24, 2.45) is 0 Å². The SMILES string of the molecule is O=C(c1cn(Cc2c(F)cccc2F)nn1)n1nnc2ccccc21. The highest BCUT2D eigenvalue weighted by molar-refractivity contribution is 5.98. The first kappa shape index (κ1) is 15.1. The van der Waals surface area contributed by atoms with Crippen molar-refractivity contribution in [3.05, 3.63) is 71.6 Å². The Labute approximate surface area is 139 Å². The molecule has 0 saturated heterocycles. The van der Waals surface area contributed by atoms with Gasteiger partial charge in [-0.15, -0.1) is 10.2 Å². The average molecular weight is 340 g/mol. The van der Waals surface area contributed by atoms with Gasteiger partial charge >= 0.3 is 5.91 Å². The summed E-state index contributed by atoms with van der Waals surface area (Å²) in [4.78, 5) is 12.5. The molecule has 0 aliphatic heterocycles. The van der Waals surface area contributed by atoms with E-state index in [1.807, 2.05) is 0 Å². The molecule has 2 heterocycles. The molecule has 0 atom stereocenters. The number of rotatable bonds is 3. The molecule has 9 heteroatoms. The second-order valence-corrected chi connectivity index (χ2v) is 5.30. The average Bonchev–Trinajstić information content (AvgIpc) is 3.25. The molecule has 124 valence electrons. The number of halogens is 2. The summed E-state index contributed by atoms with van der Waals surface area (Å²) in [6.45, 7) is -0.184. The first-order valence-electron chi connectivity index (χ1n) is 7.31. The largest absolute Gasteiger partial charge is 0.302 e. The zero-order valence-corrected chi connectivity index (χ0v) is 12.7. The van der Waals surface area contributed by atoms with Gasteiger partial charge in [0.1, 0.15) is 17.2 Å². The summed E-state index contributed by atoms with van der Waals surface area (Å²) in [5.74, 6) is -1.91. The summed E-state index contributed by atoms with van der Waals surface area (Å²) in [5, 5.41) is 15.2. The van der Waals surface area contributed by atoms with Crippen LogP contribution < -0.4 is 0 Å². The van der Waals surface area contributed by atoms with Gasteiger partial charge < -0.3 is 0 Å². The Morgan fingerprint density at radius 1 is 0.960 bits per heavy atom. The van der Waals surface area contributed by atoms with Crippen LogP contribution in [0.15, 0.2) is 48.7 Å². The van der Waals surface area contributed by atoms with Crippen LogP contribution in [0.1, 0.15) is 16.1 Å². The van der Waals surface area contributed by atoms with Gasteiger partial charge in [-0.05, 0) is 24.3 Å². The number of benzene rings is 2. The van der Waals surface area contributed by atoms with Crippen LogP contribution in [-0.4, -0.2) is 35.9 Å². The molecular weight excluding hydrogens is 330 g/mol. The Balaban J connectivity index is 1.64. The van der Waals surface area contributed by atoms with E-state index >= 15 is 0 Å². The molecule has 4 aromatic rings. The smallest absolute Gasteiger partial charge is 0.265 e. The lowest BCUT2D eigenvalue weighted by Crippen LogP contribution is -2.14. The third-order valence-corrected chi connectivity index (χ3v) is 3.68. The first-order valence-corrected chi connectivity index (χ1v) is 7.31. The molecule has 2 aromatic heterocycles. The van der Waals surface area contributed by atoms with Crippen molar-refractivity contribution in [1.82, 2.24) is 30.0 Å². The van der Waals surface area contributed by atoms with Crippen molar-refractivity contribution in [3.8, 4) is 0 Å². The van der Waals surface area contributed by atoms with Crippen LogP contribution in [0, 0.1) is 11.6 Å². The number of hydrogen-bond acceptors (Lipinski definition) is 5. The first-order chi connectivity index (χ1) is 12.1. The molecule has 7 nitrogen and oxygen atoms in total. The van der Waals surface area contributed by atoms with Crippen LogP contribution in [0.3, 0.4) is 0 Å². The van der Waals surface area contributed by atoms with Gasteiger partial charge in [0.15, 0.2) is 5.69 Å². The quantitative estimate of drug-likeness (QED) is 0.570. The maximum atomic E-state index is 13.7. The fourth-order valence-corrected chi connectivity index (χ4v) is 2.45. The minimum Gasteiger partial charge on any atom is -0.265 e. The van der Waals surface area contributed by atoms with E-state index in [2.05, 4.69) is 20.6 Å². The van der Waals surface area contributed by atoms with Gasteiger partial charge in [-0.3, -0.25) is 4.79 Å². The Kier molecular flexibility index (Phi) is 3.53. The van der Waals surface area contributed by atoms with Crippen LogP contribution in [0.5, 0.6) is 0 Å². The van der Waals surface area contributed by atoms with Gasteiger partial charge in [-0.25, -0.2) is 13.5 Å². The van der Waals surface area contributed by atoms with E-state index in [0.29, 0.717) is 11.0 Å². The van der Waals surface area contributed by atoms with Crippen molar-refractivity contribution in [2.75, 3.05) is 0 Å². The fraction of sp³-hybridized carbons (Fsp3) is 0.0625. The van der Waals surface area contributed by atoms with E-state index < -0.39 is 17.5 Å². The Morgan fingerprint density at radius 2 is 1.72 bits per heavy atom. The number of nitrogens with zero attached hydrogens (tertiary/aromatic N) is 6. The molecule has 0 aliphatic rings. The van der Waals surface area contributed by atoms with E-state index in [1.165, 1.54) is 16.9 Å². The summed E-state index contributed by atoms with van der Waals surface area (Å²) >= 11 is 0. The Bertz CT molecular complexity index is 1070. The van der Waals surface area contributed by atoms with Crippen molar-refractivity contribution >= 4 is 16.9 Å². The minimum atomic E-state index is -0.689. The molecule has 2 aromatic carbocycles. The maximum Gasteiger partial charge on any atom is 0.302 e. The summed E-state index contributed by atoms with van der Waals surface area (Å²) in [5.41, 5.74) is 0.934. The third kappa shape index (κ3) is 2.65. The van der Waals surface area contributed by atoms with Gasteiger partial charge in [-0.1, -0.05) is 28.6 Å². The van der Waals surface area contributed by atoms with E-state index in [4.69, 9.17) is 0 Å². The molecule has 0 spiro atoms. The topological polar surface area (TPSA) is 78.5 Å². The maximum absolute atomic E-state index is 13.7. The minimum absolute atomic E-state index is 0.00704. The number of carbonyl (C=O) groups is 1. The molecule has 0 N–H and O–H groups in total. The lowest BCUT2D eigenvalue weighted by molar-refractivity contribution is 0.0943. The zero-order chi connectivity index (χ0) is 17.4. The van der Waals surface area contributed by atoms with E-state index in [1.54, 1.807) is 24.3 Å². The number of para-hydroxylation sites is 1. The van der Waals surface area contributed by atoms with Crippen molar-refractivity contribution in [3.63, 3.8) is 0 Å². The second-order valence-electron chi connectivity index (χ2n) is 5.30. The van der Waals surface area contributed by atoms with Crippen molar-refractivity contribution < 1.29 is 13.6 Å². The lowest BCUT2D eigenvalue weighted by atomic mass is 10.2. The summed E-state index contributed by atoms with van der Waals surface area (Å²) in [6, 6.07) is 10.6. The third-order valence-electron chi connectivity index (χ3n) is 3.68. The van der Waals surface area contributed by atoms with E-state index in [9.17, 15) is 13.6 Å². The molecule has 0 radical (unpaired) electrons. The fourth-order valence-electron chi connectivity index (χ4n) is 2.45. The van der Waals surface area contributed by atoms with Crippen LogP contribution in [0.25, 0.3) is 11.0 Å². The highest BCUT2D eigenvalue weighted by Crippen LogP contribution is 2.14. The van der Waals surface area contributed by atoms with E-state index in [0.717, 1.165) is 16.8 Å². The molecular formula is C16H10F2N6O. The predicted octanol–water partition coefficient (Wildman–Crippen LogP) is 2.04. The highest BCUT2D eigenvalue weighted by Gasteiger charge is 2.18. The number of hydrogen-bond donors (Lipinski definition) is 0. The molecule has 4 rings (SSSR count). The van der Waals surface area contributed by atoms with Crippen molar-refractivity contribution in [2.45, 2.75) is 6.54 Å². The molecule has 0 fully saturated rings. The second kappa shape index (κ2) is 5.86. The molecule has 25 heavy (non-hydrogen) atoms. The van der Waals surface area contributed by atoms with Gasteiger partial charge in [0.2, 0.25) is 0 Å². The van der Waals surface area contributed by atoms with Crippen molar-refractivity contribution in [1.29, 1.82) is 0 Å².